The van der Waals surface area contributed by atoms with Crippen LogP contribution < -0.4 is 0 Å². The molecule has 1 fully saturated rings. The molecular weight excluding hydrogens is 122 g/mol. The monoisotopic (exact) mass is 137 g/mol. The maximum atomic E-state index is 5.16. The number of hydrogen-bond donors (Lipinski definition) is 0. The fourth-order valence-corrected chi connectivity index (χ4v) is 1.25. The normalized spacial score (nSPS) is 18.5. The van der Waals surface area contributed by atoms with Crippen LogP contribution in [0.1, 0.15) is 25.7 Å². The minimum atomic E-state index is 0.841. The van der Waals surface area contributed by atoms with Gasteiger partial charge in [-0.05, 0) is 19.9 Å². The molecule has 0 bridgehead atoms. The van der Waals surface area contributed by atoms with Crippen LogP contribution in [0.3, 0.4) is 0 Å². The minimum absolute atomic E-state index is 0.841. The Balaban J connectivity index is 2.09. The van der Waals surface area contributed by atoms with Crippen molar-refractivity contribution in [2.24, 2.45) is 0 Å². The number of hydrogen-bond acceptors (Lipinski definition) is 1. The topological polar surface area (TPSA) is 3.24 Å². The highest BCUT2D eigenvalue weighted by atomic mass is 15.1. The lowest BCUT2D eigenvalue weighted by Gasteiger charge is -2.34. The van der Waals surface area contributed by atoms with Gasteiger partial charge in [-0.25, -0.2) is 0 Å². The van der Waals surface area contributed by atoms with Crippen molar-refractivity contribution in [3.05, 3.63) is 0 Å². The summed E-state index contributed by atoms with van der Waals surface area (Å²) in [5.41, 5.74) is 0. The second kappa shape index (κ2) is 3.63. The van der Waals surface area contributed by atoms with Gasteiger partial charge in [0.05, 0.1) is 0 Å². The molecule has 1 aliphatic rings. The standard InChI is InChI=1S/C9H15N/c1-3-4-8-10(2)9-6-5-7-9/h1,9H,4-8H2,2H3. The molecule has 10 heavy (non-hydrogen) atoms. The minimum Gasteiger partial charge on any atom is -0.302 e. The molecule has 1 heteroatoms. The fraction of sp³-hybridized carbons (Fsp3) is 0.778. The van der Waals surface area contributed by atoms with Crippen molar-refractivity contribution in [2.45, 2.75) is 31.7 Å². The molecule has 0 aromatic heterocycles. The largest absolute Gasteiger partial charge is 0.302 e. The molecule has 0 aromatic rings. The Morgan fingerprint density at radius 2 is 2.30 bits per heavy atom. The predicted molar refractivity (Wildman–Crippen MR) is 43.7 cm³/mol. The van der Waals surface area contributed by atoms with Gasteiger partial charge < -0.3 is 4.90 Å². The summed E-state index contributed by atoms with van der Waals surface area (Å²) in [6.45, 7) is 1.07. The highest BCUT2D eigenvalue weighted by Gasteiger charge is 2.20. The van der Waals surface area contributed by atoms with Gasteiger partial charge in [-0.3, -0.25) is 0 Å². The molecule has 0 unspecified atom stereocenters. The molecule has 0 spiro atoms. The molecule has 1 aliphatic carbocycles. The highest BCUT2D eigenvalue weighted by molar-refractivity contribution is 4.86. The van der Waals surface area contributed by atoms with Gasteiger partial charge in [0.2, 0.25) is 0 Å². The average molecular weight is 137 g/mol. The number of terminal acetylenes is 1. The van der Waals surface area contributed by atoms with Gasteiger partial charge in [-0.2, -0.15) is 0 Å². The van der Waals surface area contributed by atoms with Crippen LogP contribution >= 0.6 is 0 Å². The van der Waals surface area contributed by atoms with E-state index in [9.17, 15) is 0 Å². The van der Waals surface area contributed by atoms with E-state index < -0.39 is 0 Å². The lowest BCUT2D eigenvalue weighted by Crippen LogP contribution is -2.37. The van der Waals surface area contributed by atoms with Crippen LogP contribution in [0.2, 0.25) is 0 Å². The molecular formula is C9H15N. The van der Waals surface area contributed by atoms with Gasteiger partial charge in [0.1, 0.15) is 0 Å². The average Bonchev–Trinajstić information content (AvgIpc) is 1.79. The highest BCUT2D eigenvalue weighted by Crippen LogP contribution is 2.23. The Kier molecular flexibility index (Phi) is 2.77. The summed E-state index contributed by atoms with van der Waals surface area (Å²) in [4.78, 5) is 2.38. The molecule has 1 rings (SSSR count). The molecule has 0 aliphatic heterocycles. The van der Waals surface area contributed by atoms with E-state index in [1.807, 2.05) is 0 Å². The summed E-state index contributed by atoms with van der Waals surface area (Å²) < 4.78 is 0. The van der Waals surface area contributed by atoms with Crippen LogP contribution in [0, 0.1) is 12.3 Å². The quantitative estimate of drug-likeness (QED) is 0.533. The Labute approximate surface area is 63.4 Å². The van der Waals surface area contributed by atoms with Crippen molar-refractivity contribution >= 4 is 0 Å². The Hall–Kier alpha value is -0.480. The van der Waals surface area contributed by atoms with Crippen LogP contribution in [0.5, 0.6) is 0 Å². The summed E-state index contributed by atoms with van der Waals surface area (Å²) in [6, 6.07) is 0.841. The van der Waals surface area contributed by atoms with Crippen molar-refractivity contribution < 1.29 is 0 Å². The van der Waals surface area contributed by atoms with Crippen molar-refractivity contribution in [1.82, 2.24) is 4.90 Å². The van der Waals surface area contributed by atoms with Crippen molar-refractivity contribution in [1.29, 1.82) is 0 Å². The molecule has 0 radical (unpaired) electrons. The van der Waals surface area contributed by atoms with E-state index in [-0.39, 0.29) is 0 Å². The SMILES string of the molecule is C#CCCN(C)C1CCC1. The molecule has 0 aromatic carbocycles. The summed E-state index contributed by atoms with van der Waals surface area (Å²) >= 11 is 0. The number of nitrogens with zero attached hydrogens (tertiary/aromatic N) is 1. The van der Waals surface area contributed by atoms with E-state index in [1.165, 1.54) is 19.3 Å². The summed E-state index contributed by atoms with van der Waals surface area (Å²) in [7, 11) is 2.17. The van der Waals surface area contributed by atoms with Crippen molar-refractivity contribution in [3.8, 4) is 12.3 Å². The first-order valence-corrected chi connectivity index (χ1v) is 3.98. The summed E-state index contributed by atoms with van der Waals surface area (Å²) in [5, 5.41) is 0. The summed E-state index contributed by atoms with van der Waals surface area (Å²) in [5.74, 6) is 2.66. The van der Waals surface area contributed by atoms with Crippen LogP contribution in [0.25, 0.3) is 0 Å². The molecule has 0 N–H and O–H groups in total. The van der Waals surface area contributed by atoms with Gasteiger partial charge >= 0.3 is 0 Å². The second-order valence-corrected chi connectivity index (χ2v) is 3.02. The smallest absolute Gasteiger partial charge is 0.0214 e. The van der Waals surface area contributed by atoms with Crippen molar-refractivity contribution in [2.75, 3.05) is 13.6 Å². The van der Waals surface area contributed by atoms with Crippen LogP contribution in [0.15, 0.2) is 0 Å². The molecule has 0 atom stereocenters. The van der Waals surface area contributed by atoms with E-state index in [4.69, 9.17) is 6.42 Å². The first kappa shape index (κ1) is 7.63. The molecule has 0 heterocycles. The van der Waals surface area contributed by atoms with E-state index in [2.05, 4.69) is 17.9 Å². The zero-order valence-electron chi connectivity index (χ0n) is 6.64. The van der Waals surface area contributed by atoms with Gasteiger partial charge in [-0.1, -0.05) is 6.42 Å². The van der Waals surface area contributed by atoms with Gasteiger partial charge in [0.15, 0.2) is 0 Å². The Morgan fingerprint density at radius 3 is 2.70 bits per heavy atom. The maximum Gasteiger partial charge on any atom is 0.0214 e. The Bertz CT molecular complexity index is 130. The van der Waals surface area contributed by atoms with Gasteiger partial charge in [0.25, 0.3) is 0 Å². The lowest BCUT2D eigenvalue weighted by atomic mass is 9.92. The van der Waals surface area contributed by atoms with E-state index in [0.717, 1.165) is 19.0 Å². The molecule has 1 saturated carbocycles. The van der Waals surface area contributed by atoms with Gasteiger partial charge in [0, 0.05) is 19.0 Å². The summed E-state index contributed by atoms with van der Waals surface area (Å²) in [6.07, 6.45) is 10.2. The third-order valence-electron chi connectivity index (χ3n) is 2.31. The first-order chi connectivity index (χ1) is 4.84. The fourth-order valence-electron chi connectivity index (χ4n) is 1.25. The number of rotatable bonds is 3. The van der Waals surface area contributed by atoms with E-state index in [1.54, 1.807) is 0 Å². The van der Waals surface area contributed by atoms with E-state index >= 15 is 0 Å². The lowest BCUT2D eigenvalue weighted by molar-refractivity contribution is 0.163. The third-order valence-corrected chi connectivity index (χ3v) is 2.31. The van der Waals surface area contributed by atoms with Crippen LogP contribution in [-0.2, 0) is 0 Å². The molecule has 1 nitrogen and oxygen atoms in total. The van der Waals surface area contributed by atoms with Crippen LogP contribution in [0.4, 0.5) is 0 Å². The maximum absolute atomic E-state index is 5.16. The molecule has 56 valence electrons. The van der Waals surface area contributed by atoms with Crippen LogP contribution in [-0.4, -0.2) is 24.5 Å². The third kappa shape index (κ3) is 1.75. The second-order valence-electron chi connectivity index (χ2n) is 3.02. The zero-order chi connectivity index (χ0) is 7.40. The first-order valence-electron chi connectivity index (χ1n) is 3.98. The predicted octanol–water partition coefficient (Wildman–Crippen LogP) is 1.49. The zero-order valence-corrected chi connectivity index (χ0v) is 6.64. The molecule has 0 amide bonds. The van der Waals surface area contributed by atoms with Crippen molar-refractivity contribution in [3.63, 3.8) is 0 Å². The molecule has 0 saturated heterocycles. The van der Waals surface area contributed by atoms with Gasteiger partial charge in [-0.15, -0.1) is 12.3 Å². The Morgan fingerprint density at radius 1 is 1.60 bits per heavy atom. The van der Waals surface area contributed by atoms with E-state index in [0.29, 0.717) is 0 Å².